The van der Waals surface area contributed by atoms with E-state index in [1.807, 2.05) is 0 Å². The zero-order valence-electron chi connectivity index (χ0n) is 22.5. The topological polar surface area (TPSA) is 6.48 Å². The van der Waals surface area contributed by atoms with Crippen LogP contribution in [0, 0.1) is 0 Å². The Hall–Kier alpha value is -0.590. The highest BCUT2D eigenvalue weighted by molar-refractivity contribution is 7.59. The minimum atomic E-state index is 0.0741. The second-order valence-electron chi connectivity index (χ2n) is 12.5. The van der Waals surface area contributed by atoms with E-state index in [0.717, 1.165) is 11.3 Å². The summed E-state index contributed by atoms with van der Waals surface area (Å²) in [4.78, 5) is 5.48. The smallest absolute Gasteiger partial charge is 0.0374 e. The second kappa shape index (κ2) is 10.1. The Kier molecular flexibility index (Phi) is 8.71. The molecule has 1 saturated heterocycles. The van der Waals surface area contributed by atoms with E-state index in [0.29, 0.717) is 6.04 Å². The average Bonchev–Trinajstić information content (AvgIpc) is 2.95. The fourth-order valence-electron chi connectivity index (χ4n) is 5.85. The molecule has 1 heterocycles. The molecule has 1 aromatic rings. The molecule has 1 aliphatic rings. The third-order valence-electron chi connectivity index (χ3n) is 7.49. The molecule has 0 aliphatic carbocycles. The molecule has 1 fully saturated rings. The third kappa shape index (κ3) is 6.70. The van der Waals surface area contributed by atoms with E-state index in [4.69, 9.17) is 0 Å². The Morgan fingerprint density at radius 2 is 1.32 bits per heavy atom. The van der Waals surface area contributed by atoms with E-state index < -0.39 is 0 Å². The normalized spacial score (nSPS) is 21.3. The fourth-order valence-corrected chi connectivity index (χ4v) is 9.30. The van der Waals surface area contributed by atoms with Gasteiger partial charge in [0, 0.05) is 34.6 Å². The molecule has 0 amide bonds. The summed E-state index contributed by atoms with van der Waals surface area (Å²) in [5.41, 5.74) is 3.54. The molecule has 0 unspecified atom stereocenters. The van der Waals surface area contributed by atoms with Crippen molar-refractivity contribution in [2.75, 3.05) is 11.2 Å². The number of rotatable bonds is 9. The number of hydrogen-bond acceptors (Lipinski definition) is 2. The van der Waals surface area contributed by atoms with Gasteiger partial charge in [-0.3, -0.25) is 4.90 Å². The van der Waals surface area contributed by atoms with Gasteiger partial charge in [0.2, 0.25) is 0 Å². The zero-order valence-corrected chi connectivity index (χ0v) is 23.4. The summed E-state index contributed by atoms with van der Waals surface area (Å²) in [6.07, 6.45) is 6.57. The molecule has 0 saturated carbocycles. The first kappa shape index (κ1) is 26.7. The van der Waals surface area contributed by atoms with Crippen molar-refractivity contribution in [1.82, 2.24) is 4.90 Å². The summed E-state index contributed by atoms with van der Waals surface area (Å²) in [6.45, 7) is 26.7. The first-order chi connectivity index (χ1) is 14.2. The predicted molar refractivity (Wildman–Crippen MR) is 143 cm³/mol. The largest absolute Gasteiger partial charge is 0.362 e. The SMILES string of the molecule is CC(C)N(CP1[C@H](C)CC[C@H]1C)C(C)(C)CCC(C)(C)N(c1ccccc1)C(C)(C)C. The zero-order chi connectivity index (χ0) is 23.6. The van der Waals surface area contributed by atoms with Crippen LogP contribution in [0.15, 0.2) is 30.3 Å². The van der Waals surface area contributed by atoms with Crippen molar-refractivity contribution in [1.29, 1.82) is 0 Å². The average molecular weight is 447 g/mol. The standard InChI is InChI=1S/C28H51N2P/c1-22(2)29(21-31-23(3)17-18-24(31)4)27(8,9)19-20-28(10,11)30(26(5,6)7)25-15-13-12-14-16-25/h12-16,22-24H,17-21H2,1-11H3/t23-,24-/m1/s1. The fraction of sp³-hybridized carbons (Fsp3) is 0.786. The molecule has 2 nitrogen and oxygen atoms in total. The molecule has 0 radical (unpaired) electrons. The molecule has 0 spiro atoms. The summed E-state index contributed by atoms with van der Waals surface area (Å²) < 4.78 is 0. The van der Waals surface area contributed by atoms with E-state index in [-0.39, 0.29) is 24.5 Å². The number of para-hydroxylation sites is 1. The lowest BCUT2D eigenvalue weighted by atomic mass is 9.84. The van der Waals surface area contributed by atoms with E-state index in [1.54, 1.807) is 0 Å². The van der Waals surface area contributed by atoms with E-state index in [9.17, 15) is 0 Å². The van der Waals surface area contributed by atoms with Gasteiger partial charge in [0.15, 0.2) is 0 Å². The van der Waals surface area contributed by atoms with Crippen LogP contribution in [0.4, 0.5) is 5.69 Å². The molecule has 2 rings (SSSR count). The molecule has 1 aromatic carbocycles. The van der Waals surface area contributed by atoms with Crippen LogP contribution >= 0.6 is 7.92 Å². The summed E-state index contributed by atoms with van der Waals surface area (Å²) in [5, 5.41) is 0. The van der Waals surface area contributed by atoms with Crippen LogP contribution in [0.5, 0.6) is 0 Å². The van der Waals surface area contributed by atoms with Crippen LogP contribution in [0.1, 0.15) is 102 Å². The van der Waals surface area contributed by atoms with Gasteiger partial charge in [0.25, 0.3) is 0 Å². The number of nitrogens with zero attached hydrogens (tertiary/aromatic N) is 2. The van der Waals surface area contributed by atoms with Gasteiger partial charge in [-0.2, -0.15) is 0 Å². The van der Waals surface area contributed by atoms with Crippen molar-refractivity contribution in [3.63, 3.8) is 0 Å². The molecule has 31 heavy (non-hydrogen) atoms. The molecular formula is C28H51N2P. The van der Waals surface area contributed by atoms with E-state index in [1.165, 1.54) is 37.7 Å². The molecule has 0 aromatic heterocycles. The van der Waals surface area contributed by atoms with Gasteiger partial charge in [0.05, 0.1) is 0 Å². The molecule has 3 heteroatoms. The maximum atomic E-state index is 2.84. The van der Waals surface area contributed by atoms with Crippen molar-refractivity contribution in [2.45, 2.75) is 136 Å². The highest BCUT2D eigenvalue weighted by Crippen LogP contribution is 2.56. The third-order valence-corrected chi connectivity index (χ3v) is 10.9. The van der Waals surface area contributed by atoms with Crippen LogP contribution in [-0.4, -0.2) is 45.2 Å². The van der Waals surface area contributed by atoms with Crippen LogP contribution < -0.4 is 4.90 Å². The van der Waals surface area contributed by atoms with Gasteiger partial charge in [-0.15, -0.1) is 0 Å². The molecule has 0 N–H and O–H groups in total. The van der Waals surface area contributed by atoms with Crippen molar-refractivity contribution in [3.05, 3.63) is 30.3 Å². The molecule has 2 atom stereocenters. The number of hydrogen-bond donors (Lipinski definition) is 0. The lowest BCUT2D eigenvalue weighted by Gasteiger charge is -2.51. The highest BCUT2D eigenvalue weighted by atomic mass is 31.1. The Morgan fingerprint density at radius 3 is 1.77 bits per heavy atom. The van der Waals surface area contributed by atoms with Gasteiger partial charge in [-0.25, -0.2) is 0 Å². The Balaban J connectivity index is 2.19. The van der Waals surface area contributed by atoms with Gasteiger partial charge in [-0.05, 0) is 111 Å². The Labute approximate surface area is 195 Å². The highest BCUT2D eigenvalue weighted by Gasteiger charge is 2.40. The molecule has 0 bridgehead atoms. The molecular weight excluding hydrogens is 395 g/mol. The number of anilines is 1. The van der Waals surface area contributed by atoms with Gasteiger partial charge < -0.3 is 4.90 Å². The Morgan fingerprint density at radius 1 is 0.839 bits per heavy atom. The van der Waals surface area contributed by atoms with Crippen LogP contribution in [-0.2, 0) is 0 Å². The second-order valence-corrected chi connectivity index (χ2v) is 15.5. The van der Waals surface area contributed by atoms with E-state index in [2.05, 4.69) is 116 Å². The first-order valence-corrected chi connectivity index (χ1v) is 14.2. The van der Waals surface area contributed by atoms with Crippen LogP contribution in [0.2, 0.25) is 0 Å². The maximum Gasteiger partial charge on any atom is 0.0374 e. The minimum Gasteiger partial charge on any atom is -0.362 e. The lowest BCUT2D eigenvalue weighted by Crippen LogP contribution is -2.56. The summed E-state index contributed by atoms with van der Waals surface area (Å²) in [5.74, 6) is 0. The summed E-state index contributed by atoms with van der Waals surface area (Å²) in [6, 6.07) is 11.6. The Bertz CT molecular complexity index is 664. The summed E-state index contributed by atoms with van der Waals surface area (Å²) >= 11 is 0. The van der Waals surface area contributed by atoms with Crippen LogP contribution in [0.25, 0.3) is 0 Å². The van der Waals surface area contributed by atoms with Gasteiger partial charge >= 0.3 is 0 Å². The molecule has 178 valence electrons. The quantitative estimate of drug-likeness (QED) is 0.352. The first-order valence-electron chi connectivity index (χ1n) is 12.5. The van der Waals surface area contributed by atoms with E-state index >= 15 is 0 Å². The van der Waals surface area contributed by atoms with Crippen LogP contribution in [0.3, 0.4) is 0 Å². The predicted octanol–water partition coefficient (Wildman–Crippen LogP) is 8.35. The van der Waals surface area contributed by atoms with Crippen molar-refractivity contribution in [2.24, 2.45) is 0 Å². The monoisotopic (exact) mass is 446 g/mol. The van der Waals surface area contributed by atoms with Gasteiger partial charge in [0.1, 0.15) is 0 Å². The maximum absolute atomic E-state index is 2.84. The van der Waals surface area contributed by atoms with Crippen molar-refractivity contribution in [3.8, 4) is 0 Å². The molecule has 1 aliphatic heterocycles. The van der Waals surface area contributed by atoms with Crippen molar-refractivity contribution < 1.29 is 0 Å². The number of benzene rings is 1. The lowest BCUT2D eigenvalue weighted by molar-refractivity contribution is 0.0905. The minimum absolute atomic E-state index is 0.0741. The van der Waals surface area contributed by atoms with Crippen molar-refractivity contribution >= 4 is 13.6 Å². The summed E-state index contributed by atoms with van der Waals surface area (Å²) in [7, 11) is 0.106. The van der Waals surface area contributed by atoms with Gasteiger partial charge in [-0.1, -0.05) is 40.0 Å².